The van der Waals surface area contributed by atoms with Crippen molar-refractivity contribution in [2.75, 3.05) is 11.9 Å². The van der Waals surface area contributed by atoms with Crippen LogP contribution in [0.5, 0.6) is 0 Å². The van der Waals surface area contributed by atoms with Gasteiger partial charge in [0.25, 0.3) is 0 Å². The molecule has 1 saturated heterocycles. The maximum Gasteiger partial charge on any atom is 0.322 e. The van der Waals surface area contributed by atoms with Crippen LogP contribution in [0.1, 0.15) is 54.8 Å². The molecule has 5 nitrogen and oxygen atoms in total. The molecule has 2 heterocycles. The summed E-state index contributed by atoms with van der Waals surface area (Å²) in [5.41, 5.74) is 3.94. The number of carbonyl (C=O) groups excluding carboxylic acids is 1. The van der Waals surface area contributed by atoms with Gasteiger partial charge in [0.05, 0.1) is 6.04 Å². The molecule has 1 unspecified atom stereocenters. The minimum absolute atomic E-state index is 0.00414. The number of carbonyl (C=O) groups is 1. The standard InChI is InChI=1S/C19H25N3O2/c1-4-6-15-12-17(21-24-15)18-7-5-10-22(18)19(23)20-16-11-13(2)8-9-14(16)3/h8-9,11-12,18H,4-7,10H2,1-3H3,(H,20,23). The third kappa shape index (κ3) is 3.45. The average Bonchev–Trinajstić information content (AvgIpc) is 3.20. The molecule has 1 aliphatic heterocycles. The largest absolute Gasteiger partial charge is 0.361 e. The van der Waals surface area contributed by atoms with E-state index >= 15 is 0 Å². The van der Waals surface area contributed by atoms with Crippen LogP contribution in [0.2, 0.25) is 0 Å². The summed E-state index contributed by atoms with van der Waals surface area (Å²) in [6.07, 6.45) is 3.82. The van der Waals surface area contributed by atoms with Crippen LogP contribution < -0.4 is 5.32 Å². The quantitative estimate of drug-likeness (QED) is 0.892. The Morgan fingerprint density at radius 2 is 2.21 bits per heavy atom. The van der Waals surface area contributed by atoms with E-state index in [2.05, 4.69) is 17.4 Å². The molecular formula is C19H25N3O2. The first-order valence-electron chi connectivity index (χ1n) is 8.69. The number of aryl methyl sites for hydroxylation is 3. The predicted molar refractivity (Wildman–Crippen MR) is 94.1 cm³/mol. The first-order chi connectivity index (χ1) is 11.6. The first-order valence-corrected chi connectivity index (χ1v) is 8.69. The lowest BCUT2D eigenvalue weighted by molar-refractivity contribution is 0.204. The SMILES string of the molecule is CCCc1cc(C2CCCN2C(=O)Nc2cc(C)ccc2C)no1. The van der Waals surface area contributed by atoms with E-state index in [1.165, 1.54) is 0 Å². The van der Waals surface area contributed by atoms with Crippen LogP contribution >= 0.6 is 0 Å². The van der Waals surface area contributed by atoms with Crippen LogP contribution in [-0.4, -0.2) is 22.6 Å². The summed E-state index contributed by atoms with van der Waals surface area (Å²) in [6, 6.07) is 8.02. The van der Waals surface area contributed by atoms with Crippen molar-refractivity contribution >= 4 is 11.7 Å². The van der Waals surface area contributed by atoms with E-state index in [4.69, 9.17) is 4.52 Å². The Labute approximate surface area is 143 Å². The number of urea groups is 1. The van der Waals surface area contributed by atoms with Gasteiger partial charge in [-0.1, -0.05) is 24.2 Å². The zero-order valence-corrected chi connectivity index (χ0v) is 14.6. The second-order valence-corrected chi connectivity index (χ2v) is 6.57. The summed E-state index contributed by atoms with van der Waals surface area (Å²) in [4.78, 5) is 14.6. The van der Waals surface area contributed by atoms with Crippen LogP contribution in [-0.2, 0) is 6.42 Å². The Morgan fingerprint density at radius 1 is 1.38 bits per heavy atom. The Kier molecular flexibility index (Phi) is 4.88. The molecule has 128 valence electrons. The minimum atomic E-state index is -0.0637. The molecule has 0 radical (unpaired) electrons. The van der Waals surface area contributed by atoms with Crippen molar-refractivity contribution in [2.24, 2.45) is 0 Å². The van der Waals surface area contributed by atoms with Gasteiger partial charge in [-0.15, -0.1) is 0 Å². The molecule has 1 N–H and O–H groups in total. The Bertz CT molecular complexity index is 723. The normalized spacial score (nSPS) is 17.3. The molecule has 2 amide bonds. The van der Waals surface area contributed by atoms with Crippen molar-refractivity contribution in [3.63, 3.8) is 0 Å². The summed E-state index contributed by atoms with van der Waals surface area (Å²) in [5, 5.41) is 7.24. The second-order valence-electron chi connectivity index (χ2n) is 6.57. The zero-order chi connectivity index (χ0) is 17.1. The fourth-order valence-corrected chi connectivity index (χ4v) is 3.23. The molecule has 1 aliphatic rings. The lowest BCUT2D eigenvalue weighted by Gasteiger charge is -2.24. The number of nitrogens with one attached hydrogen (secondary N) is 1. The molecule has 0 bridgehead atoms. The number of amides is 2. The first kappa shape index (κ1) is 16.6. The number of anilines is 1. The third-order valence-corrected chi connectivity index (χ3v) is 4.56. The topological polar surface area (TPSA) is 58.4 Å². The van der Waals surface area contributed by atoms with E-state index in [1.54, 1.807) is 0 Å². The highest BCUT2D eigenvalue weighted by molar-refractivity contribution is 5.90. The summed E-state index contributed by atoms with van der Waals surface area (Å²) in [7, 11) is 0. The second kappa shape index (κ2) is 7.07. The molecule has 0 aliphatic carbocycles. The van der Waals surface area contributed by atoms with Crippen LogP contribution in [0.3, 0.4) is 0 Å². The van der Waals surface area contributed by atoms with Crippen LogP contribution in [0, 0.1) is 13.8 Å². The third-order valence-electron chi connectivity index (χ3n) is 4.56. The van der Waals surface area contributed by atoms with Crippen molar-refractivity contribution in [1.29, 1.82) is 0 Å². The monoisotopic (exact) mass is 327 g/mol. The maximum absolute atomic E-state index is 12.8. The average molecular weight is 327 g/mol. The van der Waals surface area contributed by atoms with E-state index in [9.17, 15) is 4.79 Å². The highest BCUT2D eigenvalue weighted by atomic mass is 16.5. The molecule has 24 heavy (non-hydrogen) atoms. The van der Waals surface area contributed by atoms with Gasteiger partial charge in [-0.3, -0.25) is 0 Å². The van der Waals surface area contributed by atoms with E-state index in [-0.39, 0.29) is 12.1 Å². The van der Waals surface area contributed by atoms with E-state index < -0.39 is 0 Å². The number of benzene rings is 1. The van der Waals surface area contributed by atoms with E-state index in [0.29, 0.717) is 0 Å². The molecule has 5 heteroatoms. The number of hydrogen-bond acceptors (Lipinski definition) is 3. The Hall–Kier alpha value is -2.30. The van der Waals surface area contributed by atoms with Gasteiger partial charge in [-0.25, -0.2) is 4.79 Å². The van der Waals surface area contributed by atoms with Gasteiger partial charge in [-0.2, -0.15) is 0 Å². The Balaban J connectivity index is 1.74. The number of nitrogens with zero attached hydrogens (tertiary/aromatic N) is 2. The van der Waals surface area contributed by atoms with Crippen LogP contribution in [0.4, 0.5) is 10.5 Å². The highest BCUT2D eigenvalue weighted by Gasteiger charge is 2.32. The molecule has 2 aromatic rings. The van der Waals surface area contributed by atoms with E-state index in [0.717, 1.165) is 60.5 Å². The lowest BCUT2D eigenvalue weighted by atomic mass is 10.1. The van der Waals surface area contributed by atoms with Gasteiger partial charge in [0.1, 0.15) is 11.5 Å². The van der Waals surface area contributed by atoms with Crippen LogP contribution in [0.25, 0.3) is 0 Å². The van der Waals surface area contributed by atoms with Crippen molar-refractivity contribution in [2.45, 2.75) is 52.5 Å². The van der Waals surface area contributed by atoms with Gasteiger partial charge < -0.3 is 14.7 Å². The van der Waals surface area contributed by atoms with Gasteiger partial charge >= 0.3 is 6.03 Å². The summed E-state index contributed by atoms with van der Waals surface area (Å²) in [6.45, 7) is 6.89. The summed E-state index contributed by atoms with van der Waals surface area (Å²) in [5.74, 6) is 0.897. The van der Waals surface area contributed by atoms with Gasteiger partial charge in [0.2, 0.25) is 0 Å². The fraction of sp³-hybridized carbons (Fsp3) is 0.474. The fourth-order valence-electron chi connectivity index (χ4n) is 3.23. The molecule has 1 atom stereocenters. The van der Waals surface area contributed by atoms with Crippen molar-refractivity contribution in [1.82, 2.24) is 10.1 Å². The number of aromatic nitrogens is 1. The van der Waals surface area contributed by atoms with Crippen molar-refractivity contribution in [3.8, 4) is 0 Å². The van der Waals surface area contributed by atoms with Crippen LogP contribution in [0.15, 0.2) is 28.8 Å². The van der Waals surface area contributed by atoms with Crippen molar-refractivity contribution in [3.05, 3.63) is 46.8 Å². The summed E-state index contributed by atoms with van der Waals surface area (Å²) < 4.78 is 5.39. The molecule has 1 fully saturated rings. The van der Waals surface area contributed by atoms with E-state index in [1.807, 2.05) is 43.0 Å². The molecule has 3 rings (SSSR count). The zero-order valence-electron chi connectivity index (χ0n) is 14.6. The smallest absolute Gasteiger partial charge is 0.322 e. The number of hydrogen-bond donors (Lipinski definition) is 1. The van der Waals surface area contributed by atoms with Gasteiger partial charge in [0, 0.05) is 24.7 Å². The molecule has 0 spiro atoms. The molecular weight excluding hydrogens is 302 g/mol. The molecule has 1 aromatic heterocycles. The van der Waals surface area contributed by atoms with Gasteiger partial charge in [-0.05, 0) is 50.3 Å². The Morgan fingerprint density at radius 3 is 3.00 bits per heavy atom. The number of likely N-dealkylation sites (tertiary alicyclic amines) is 1. The summed E-state index contributed by atoms with van der Waals surface area (Å²) >= 11 is 0. The highest BCUT2D eigenvalue weighted by Crippen LogP contribution is 2.32. The lowest BCUT2D eigenvalue weighted by Crippen LogP contribution is -2.34. The maximum atomic E-state index is 12.8. The van der Waals surface area contributed by atoms with Crippen molar-refractivity contribution < 1.29 is 9.32 Å². The molecule has 0 saturated carbocycles. The minimum Gasteiger partial charge on any atom is -0.361 e. The predicted octanol–water partition coefficient (Wildman–Crippen LogP) is 4.61. The van der Waals surface area contributed by atoms with Gasteiger partial charge in [0.15, 0.2) is 0 Å². The number of rotatable bonds is 4. The molecule has 1 aromatic carbocycles.